The molecule has 1 aliphatic carbocycles. The summed E-state index contributed by atoms with van der Waals surface area (Å²) in [4.78, 5) is 35.7. The molecule has 0 aromatic heterocycles. The average molecular weight is 338 g/mol. The minimum atomic E-state index is -1.10. The molecule has 0 bridgehead atoms. The molecular formula is C17H22O7. The van der Waals surface area contributed by atoms with Gasteiger partial charge in [-0.2, -0.15) is 0 Å². The number of epoxide rings is 1. The minimum Gasteiger partial charge on any atom is -0.463 e. The first-order valence-electron chi connectivity index (χ1n) is 7.89. The first-order chi connectivity index (χ1) is 11.5. The Morgan fingerprint density at radius 1 is 1.29 bits per heavy atom. The van der Waals surface area contributed by atoms with Crippen LogP contribution in [0.1, 0.15) is 19.8 Å². The summed E-state index contributed by atoms with van der Waals surface area (Å²) in [5.41, 5.74) is -1.10. The lowest BCUT2D eigenvalue weighted by Crippen LogP contribution is -2.42. The SMILES string of the molecule is C=CC(=O)OCCOC(=O)C1(C)C=CCCC1C(=O)OCC1CO1. The third kappa shape index (κ3) is 4.67. The third-order valence-electron chi connectivity index (χ3n) is 4.08. The Kier molecular flexibility index (Phi) is 6.14. The summed E-state index contributed by atoms with van der Waals surface area (Å²) >= 11 is 0. The molecule has 132 valence electrons. The van der Waals surface area contributed by atoms with Gasteiger partial charge in [-0.25, -0.2) is 4.79 Å². The quantitative estimate of drug-likeness (QED) is 0.164. The van der Waals surface area contributed by atoms with Gasteiger partial charge in [-0.15, -0.1) is 0 Å². The number of esters is 3. The molecule has 3 atom stereocenters. The zero-order valence-corrected chi connectivity index (χ0v) is 13.7. The van der Waals surface area contributed by atoms with E-state index in [1.54, 1.807) is 13.0 Å². The van der Waals surface area contributed by atoms with Crippen LogP contribution in [0, 0.1) is 11.3 Å². The van der Waals surface area contributed by atoms with E-state index in [0.29, 0.717) is 19.4 Å². The zero-order valence-electron chi connectivity index (χ0n) is 13.7. The highest BCUT2D eigenvalue weighted by atomic mass is 16.6. The Labute approximate surface area is 140 Å². The van der Waals surface area contributed by atoms with Crippen molar-refractivity contribution in [2.75, 3.05) is 26.4 Å². The van der Waals surface area contributed by atoms with Crippen molar-refractivity contribution in [1.82, 2.24) is 0 Å². The van der Waals surface area contributed by atoms with Crippen molar-refractivity contribution < 1.29 is 33.3 Å². The monoisotopic (exact) mass is 338 g/mol. The zero-order chi connectivity index (χ0) is 17.6. The fourth-order valence-corrected chi connectivity index (χ4v) is 2.51. The van der Waals surface area contributed by atoms with Crippen molar-refractivity contribution in [3.05, 3.63) is 24.8 Å². The molecule has 1 fully saturated rings. The number of hydrogen-bond donors (Lipinski definition) is 0. The number of hydrogen-bond acceptors (Lipinski definition) is 7. The fourth-order valence-electron chi connectivity index (χ4n) is 2.51. The molecule has 1 heterocycles. The second-order valence-corrected chi connectivity index (χ2v) is 5.91. The van der Waals surface area contributed by atoms with Gasteiger partial charge in [-0.1, -0.05) is 18.7 Å². The van der Waals surface area contributed by atoms with Crippen molar-refractivity contribution in [3.8, 4) is 0 Å². The Bertz CT molecular complexity index is 535. The summed E-state index contributed by atoms with van der Waals surface area (Å²) in [6.45, 7) is 5.58. The van der Waals surface area contributed by atoms with Gasteiger partial charge in [-0.3, -0.25) is 9.59 Å². The third-order valence-corrected chi connectivity index (χ3v) is 4.08. The normalized spacial score (nSPS) is 27.9. The first kappa shape index (κ1) is 18.2. The minimum absolute atomic E-state index is 0.0224. The molecule has 3 unspecified atom stereocenters. The number of carbonyl (C=O) groups is 3. The smallest absolute Gasteiger partial charge is 0.330 e. The average Bonchev–Trinajstić information content (AvgIpc) is 3.40. The molecule has 0 aromatic rings. The number of allylic oxidation sites excluding steroid dienone is 1. The number of rotatable bonds is 8. The maximum atomic E-state index is 12.4. The van der Waals surface area contributed by atoms with Crippen LogP contribution >= 0.6 is 0 Å². The lowest BCUT2D eigenvalue weighted by molar-refractivity contribution is -0.167. The van der Waals surface area contributed by atoms with E-state index in [9.17, 15) is 14.4 Å². The predicted octanol–water partition coefficient (Wildman–Crippen LogP) is 1.17. The van der Waals surface area contributed by atoms with Crippen molar-refractivity contribution >= 4 is 17.9 Å². The lowest BCUT2D eigenvalue weighted by Gasteiger charge is -2.33. The van der Waals surface area contributed by atoms with Crippen LogP contribution in [-0.2, 0) is 33.3 Å². The fraction of sp³-hybridized carbons (Fsp3) is 0.588. The summed E-state index contributed by atoms with van der Waals surface area (Å²) < 4.78 is 20.2. The summed E-state index contributed by atoms with van der Waals surface area (Å²) in [5, 5.41) is 0. The first-order valence-corrected chi connectivity index (χ1v) is 7.89. The van der Waals surface area contributed by atoms with Crippen LogP contribution in [0.5, 0.6) is 0 Å². The van der Waals surface area contributed by atoms with Crippen LogP contribution in [-0.4, -0.2) is 50.4 Å². The van der Waals surface area contributed by atoms with Crippen LogP contribution < -0.4 is 0 Å². The van der Waals surface area contributed by atoms with Crippen molar-refractivity contribution in [2.45, 2.75) is 25.9 Å². The standard InChI is InChI=1S/C17H22O7/c1-3-14(18)21-8-9-22-16(20)17(2)7-5-4-6-13(17)15(19)24-11-12-10-23-12/h3,5,7,12-13H,1,4,6,8-11H2,2H3. The van der Waals surface area contributed by atoms with E-state index in [1.807, 2.05) is 6.08 Å². The molecule has 0 radical (unpaired) electrons. The Morgan fingerprint density at radius 2 is 2.00 bits per heavy atom. The molecule has 2 rings (SSSR count). The molecule has 7 nitrogen and oxygen atoms in total. The molecule has 2 aliphatic rings. The maximum Gasteiger partial charge on any atom is 0.330 e. The van der Waals surface area contributed by atoms with Crippen LogP contribution in [0.15, 0.2) is 24.8 Å². The molecule has 7 heteroatoms. The highest BCUT2D eigenvalue weighted by molar-refractivity contribution is 5.87. The molecule has 0 spiro atoms. The molecule has 0 amide bonds. The second-order valence-electron chi connectivity index (χ2n) is 5.91. The summed E-state index contributed by atoms with van der Waals surface area (Å²) in [6, 6.07) is 0. The van der Waals surface area contributed by atoms with E-state index >= 15 is 0 Å². The van der Waals surface area contributed by atoms with Gasteiger partial charge in [-0.05, 0) is 19.8 Å². The van der Waals surface area contributed by atoms with E-state index in [4.69, 9.17) is 18.9 Å². The highest BCUT2D eigenvalue weighted by Gasteiger charge is 2.47. The van der Waals surface area contributed by atoms with Gasteiger partial charge in [0, 0.05) is 6.08 Å². The molecule has 1 aliphatic heterocycles. The van der Waals surface area contributed by atoms with Gasteiger partial charge in [0.15, 0.2) is 0 Å². The molecule has 0 aromatic carbocycles. The Hall–Kier alpha value is -2.15. The van der Waals surface area contributed by atoms with Gasteiger partial charge < -0.3 is 18.9 Å². The Morgan fingerprint density at radius 3 is 2.67 bits per heavy atom. The van der Waals surface area contributed by atoms with Gasteiger partial charge in [0.05, 0.1) is 17.9 Å². The van der Waals surface area contributed by atoms with Crippen molar-refractivity contribution in [2.24, 2.45) is 11.3 Å². The molecule has 0 saturated carbocycles. The number of ether oxygens (including phenoxy) is 4. The van der Waals surface area contributed by atoms with Crippen molar-refractivity contribution in [3.63, 3.8) is 0 Å². The summed E-state index contributed by atoms with van der Waals surface area (Å²) in [5.74, 6) is -2.16. The highest BCUT2D eigenvalue weighted by Crippen LogP contribution is 2.38. The second kappa shape index (κ2) is 8.10. The molecule has 24 heavy (non-hydrogen) atoms. The van der Waals surface area contributed by atoms with Gasteiger partial charge in [0.1, 0.15) is 25.9 Å². The van der Waals surface area contributed by atoms with Gasteiger partial charge in [0.2, 0.25) is 0 Å². The lowest BCUT2D eigenvalue weighted by atomic mass is 9.71. The largest absolute Gasteiger partial charge is 0.463 e. The van der Waals surface area contributed by atoms with E-state index in [0.717, 1.165) is 6.08 Å². The predicted molar refractivity (Wildman–Crippen MR) is 82.8 cm³/mol. The topological polar surface area (TPSA) is 91.4 Å². The molecule has 0 N–H and O–H groups in total. The van der Waals surface area contributed by atoms with Gasteiger partial charge >= 0.3 is 17.9 Å². The molecular weight excluding hydrogens is 316 g/mol. The summed E-state index contributed by atoms with van der Waals surface area (Å²) in [6.07, 6.45) is 5.76. The summed E-state index contributed by atoms with van der Waals surface area (Å²) in [7, 11) is 0. The van der Waals surface area contributed by atoms with Crippen LogP contribution in [0.3, 0.4) is 0 Å². The Balaban J connectivity index is 1.89. The van der Waals surface area contributed by atoms with E-state index in [1.165, 1.54) is 0 Å². The van der Waals surface area contributed by atoms with E-state index in [2.05, 4.69) is 6.58 Å². The number of carbonyl (C=O) groups excluding carboxylic acids is 3. The van der Waals surface area contributed by atoms with Crippen molar-refractivity contribution in [1.29, 1.82) is 0 Å². The maximum absolute atomic E-state index is 12.4. The van der Waals surface area contributed by atoms with E-state index < -0.39 is 29.2 Å². The van der Waals surface area contributed by atoms with Crippen LogP contribution in [0.2, 0.25) is 0 Å². The van der Waals surface area contributed by atoms with Gasteiger partial charge in [0.25, 0.3) is 0 Å². The van der Waals surface area contributed by atoms with Crippen LogP contribution in [0.4, 0.5) is 0 Å². The molecule has 1 saturated heterocycles. The van der Waals surface area contributed by atoms with Crippen LogP contribution in [0.25, 0.3) is 0 Å². The van der Waals surface area contributed by atoms with E-state index in [-0.39, 0.29) is 25.9 Å².